The third-order valence-electron chi connectivity index (χ3n) is 4.53. The monoisotopic (exact) mass is 311 g/mol. The molecule has 5 heteroatoms. The summed E-state index contributed by atoms with van der Waals surface area (Å²) in [6.45, 7) is 2.25. The molecule has 0 radical (unpaired) electrons. The number of aromatic nitrogens is 2. The van der Waals surface area contributed by atoms with Crippen molar-refractivity contribution in [3.63, 3.8) is 0 Å². The zero-order valence-electron chi connectivity index (χ0n) is 13.2. The fraction of sp³-hybridized carbons (Fsp3) is 0.389. The molecule has 0 unspecified atom stereocenters. The van der Waals surface area contributed by atoms with Crippen LogP contribution in [0, 0.1) is 0 Å². The van der Waals surface area contributed by atoms with Crippen molar-refractivity contribution in [1.29, 1.82) is 0 Å². The van der Waals surface area contributed by atoms with Crippen molar-refractivity contribution in [1.82, 2.24) is 15.1 Å². The maximum Gasteiger partial charge on any atom is 0.127 e. The van der Waals surface area contributed by atoms with Gasteiger partial charge in [0.05, 0.1) is 5.69 Å². The van der Waals surface area contributed by atoms with E-state index in [2.05, 4.69) is 22.6 Å². The van der Waals surface area contributed by atoms with Gasteiger partial charge in [0.1, 0.15) is 18.5 Å². The number of nitrogens with zero attached hydrogens (tertiary/aromatic N) is 2. The van der Waals surface area contributed by atoms with E-state index in [0.29, 0.717) is 12.6 Å². The van der Waals surface area contributed by atoms with E-state index >= 15 is 0 Å². The SMILES string of the molecule is Cn1nccc1[C@H]1OCC[C@@H]1NCC1=Cc2ccccc2OC1. The van der Waals surface area contributed by atoms with Gasteiger partial charge in [0.15, 0.2) is 0 Å². The molecule has 23 heavy (non-hydrogen) atoms. The quantitative estimate of drug-likeness (QED) is 0.941. The predicted octanol–water partition coefficient (Wildman–Crippen LogP) is 2.32. The smallest absolute Gasteiger partial charge is 0.127 e. The number of hydrogen-bond donors (Lipinski definition) is 1. The van der Waals surface area contributed by atoms with E-state index in [4.69, 9.17) is 9.47 Å². The second-order valence-corrected chi connectivity index (χ2v) is 6.08. The standard InChI is InChI=1S/C18H21N3O2/c1-21-16(6-8-20-21)18-15(7-9-22-18)19-11-13-10-14-4-2-3-5-17(14)23-12-13/h2-6,8,10,15,18-19H,7,9,11-12H2,1H3/t15-,18-/m0/s1. The second kappa shape index (κ2) is 6.18. The van der Waals surface area contributed by atoms with Crippen molar-refractivity contribution < 1.29 is 9.47 Å². The molecule has 0 amide bonds. The van der Waals surface area contributed by atoms with Gasteiger partial charge in [-0.2, -0.15) is 5.10 Å². The fourth-order valence-corrected chi connectivity index (χ4v) is 3.28. The Morgan fingerprint density at radius 3 is 3.09 bits per heavy atom. The van der Waals surface area contributed by atoms with E-state index in [1.807, 2.05) is 42.2 Å². The van der Waals surface area contributed by atoms with Gasteiger partial charge >= 0.3 is 0 Å². The van der Waals surface area contributed by atoms with Gasteiger partial charge in [0, 0.05) is 38.0 Å². The predicted molar refractivity (Wildman–Crippen MR) is 88.2 cm³/mol. The number of aryl methyl sites for hydroxylation is 1. The molecule has 2 aliphatic rings. The summed E-state index contributed by atoms with van der Waals surface area (Å²) >= 11 is 0. The topological polar surface area (TPSA) is 48.3 Å². The van der Waals surface area contributed by atoms with Gasteiger partial charge in [-0.25, -0.2) is 0 Å². The minimum atomic E-state index is 0.0693. The van der Waals surface area contributed by atoms with Gasteiger partial charge in [-0.05, 0) is 30.2 Å². The summed E-state index contributed by atoms with van der Waals surface area (Å²) in [4.78, 5) is 0. The van der Waals surface area contributed by atoms with Crippen LogP contribution in [0.1, 0.15) is 23.8 Å². The van der Waals surface area contributed by atoms with Crippen LogP contribution in [0.5, 0.6) is 5.75 Å². The molecule has 5 nitrogen and oxygen atoms in total. The van der Waals surface area contributed by atoms with Crippen LogP contribution in [-0.2, 0) is 11.8 Å². The van der Waals surface area contributed by atoms with E-state index in [9.17, 15) is 0 Å². The van der Waals surface area contributed by atoms with Gasteiger partial charge in [0.25, 0.3) is 0 Å². The first-order chi connectivity index (χ1) is 11.3. The fourth-order valence-electron chi connectivity index (χ4n) is 3.28. The van der Waals surface area contributed by atoms with Gasteiger partial charge in [0.2, 0.25) is 0 Å². The Morgan fingerprint density at radius 1 is 1.30 bits per heavy atom. The van der Waals surface area contributed by atoms with Crippen molar-refractivity contribution in [3.8, 4) is 5.75 Å². The van der Waals surface area contributed by atoms with E-state index in [1.165, 1.54) is 5.57 Å². The average molecular weight is 311 g/mol. The number of benzene rings is 1. The van der Waals surface area contributed by atoms with Crippen LogP contribution >= 0.6 is 0 Å². The number of ether oxygens (including phenoxy) is 2. The Bertz CT molecular complexity index is 723. The van der Waals surface area contributed by atoms with Crippen molar-refractivity contribution in [2.45, 2.75) is 18.6 Å². The maximum atomic E-state index is 5.91. The largest absolute Gasteiger partial charge is 0.489 e. The van der Waals surface area contributed by atoms with Crippen molar-refractivity contribution in [2.24, 2.45) is 7.05 Å². The summed E-state index contributed by atoms with van der Waals surface area (Å²) < 4.78 is 13.6. The Morgan fingerprint density at radius 2 is 2.22 bits per heavy atom. The summed E-state index contributed by atoms with van der Waals surface area (Å²) in [5, 5.41) is 7.88. The van der Waals surface area contributed by atoms with Gasteiger partial charge in [-0.15, -0.1) is 0 Å². The molecule has 0 spiro atoms. The second-order valence-electron chi connectivity index (χ2n) is 6.08. The molecule has 1 fully saturated rings. The Labute approximate surface area is 135 Å². The average Bonchev–Trinajstić information content (AvgIpc) is 3.21. The van der Waals surface area contributed by atoms with Crippen molar-refractivity contribution in [3.05, 3.63) is 53.4 Å². The van der Waals surface area contributed by atoms with Crippen LogP contribution in [0.25, 0.3) is 6.08 Å². The molecule has 0 saturated carbocycles. The van der Waals surface area contributed by atoms with Crippen LogP contribution in [0.4, 0.5) is 0 Å². The zero-order chi connectivity index (χ0) is 15.6. The number of hydrogen-bond acceptors (Lipinski definition) is 4. The number of fused-ring (bicyclic) bond motifs is 1. The molecule has 0 aliphatic carbocycles. The molecule has 1 N–H and O–H groups in total. The molecular formula is C18H21N3O2. The number of para-hydroxylation sites is 1. The zero-order valence-corrected chi connectivity index (χ0v) is 13.2. The Hall–Kier alpha value is -2.11. The molecule has 0 bridgehead atoms. The van der Waals surface area contributed by atoms with Gasteiger partial charge in [-0.3, -0.25) is 4.68 Å². The number of nitrogens with one attached hydrogen (secondary N) is 1. The van der Waals surface area contributed by atoms with E-state index in [0.717, 1.165) is 36.6 Å². The summed E-state index contributed by atoms with van der Waals surface area (Å²) in [6.07, 6.45) is 5.13. The molecule has 2 atom stereocenters. The minimum absolute atomic E-state index is 0.0693. The van der Waals surface area contributed by atoms with Gasteiger partial charge in [-0.1, -0.05) is 18.2 Å². The van der Waals surface area contributed by atoms with Gasteiger partial charge < -0.3 is 14.8 Å². The van der Waals surface area contributed by atoms with E-state index < -0.39 is 0 Å². The highest BCUT2D eigenvalue weighted by atomic mass is 16.5. The molecule has 2 aliphatic heterocycles. The third-order valence-corrected chi connectivity index (χ3v) is 4.53. The van der Waals surface area contributed by atoms with Crippen molar-refractivity contribution >= 4 is 6.08 Å². The summed E-state index contributed by atoms with van der Waals surface area (Å²) in [7, 11) is 1.96. The van der Waals surface area contributed by atoms with Crippen LogP contribution in [0.2, 0.25) is 0 Å². The van der Waals surface area contributed by atoms with Crippen LogP contribution < -0.4 is 10.1 Å². The lowest BCUT2D eigenvalue weighted by molar-refractivity contribution is 0.0926. The van der Waals surface area contributed by atoms with E-state index in [1.54, 1.807) is 0 Å². The molecule has 2 aromatic rings. The highest BCUT2D eigenvalue weighted by Gasteiger charge is 2.31. The summed E-state index contributed by atoms with van der Waals surface area (Å²) in [5.41, 5.74) is 3.54. The molecule has 1 aromatic carbocycles. The lowest BCUT2D eigenvalue weighted by Crippen LogP contribution is -2.35. The van der Waals surface area contributed by atoms with Crippen LogP contribution in [-0.4, -0.2) is 35.6 Å². The molecule has 4 rings (SSSR count). The summed E-state index contributed by atoms with van der Waals surface area (Å²) in [5.74, 6) is 0.966. The first-order valence-electron chi connectivity index (χ1n) is 8.05. The Balaban J connectivity index is 1.43. The molecule has 1 saturated heterocycles. The lowest BCUT2D eigenvalue weighted by Gasteiger charge is -2.23. The normalized spacial score (nSPS) is 23.3. The first-order valence-corrected chi connectivity index (χ1v) is 8.05. The maximum absolute atomic E-state index is 5.91. The molecule has 3 heterocycles. The molecular weight excluding hydrogens is 290 g/mol. The van der Waals surface area contributed by atoms with Crippen LogP contribution in [0.15, 0.2) is 42.1 Å². The Kier molecular flexibility index (Phi) is 3.89. The summed E-state index contributed by atoms with van der Waals surface area (Å²) in [6, 6.07) is 10.5. The first kappa shape index (κ1) is 14.5. The third kappa shape index (κ3) is 2.90. The lowest BCUT2D eigenvalue weighted by atomic mass is 10.0. The van der Waals surface area contributed by atoms with Crippen LogP contribution in [0.3, 0.4) is 0 Å². The highest BCUT2D eigenvalue weighted by molar-refractivity contribution is 5.62. The molecule has 120 valence electrons. The molecule has 1 aromatic heterocycles. The number of rotatable bonds is 4. The van der Waals surface area contributed by atoms with Crippen molar-refractivity contribution in [2.75, 3.05) is 19.8 Å². The minimum Gasteiger partial charge on any atom is -0.489 e. The highest BCUT2D eigenvalue weighted by Crippen LogP contribution is 2.29. The van der Waals surface area contributed by atoms with E-state index in [-0.39, 0.29) is 6.10 Å².